The number of aryl methyl sites for hydroxylation is 2. The number of anilines is 1. The van der Waals surface area contributed by atoms with Crippen molar-refractivity contribution in [3.05, 3.63) is 56.0 Å². The summed E-state index contributed by atoms with van der Waals surface area (Å²) >= 11 is 7.08. The summed E-state index contributed by atoms with van der Waals surface area (Å²) in [5.74, 6) is 0.830. The maximum Gasteiger partial charge on any atom is 0.147 e. The summed E-state index contributed by atoms with van der Waals surface area (Å²) in [6.07, 6.45) is 3.73. The molecule has 0 aliphatic heterocycles. The number of rotatable bonds is 4. The lowest BCUT2D eigenvalue weighted by atomic mass is 10.1. The Kier molecular flexibility index (Phi) is 4.55. The van der Waals surface area contributed by atoms with E-state index in [2.05, 4.69) is 67.5 Å². The lowest BCUT2D eigenvalue weighted by Crippen LogP contribution is -2.01. The van der Waals surface area contributed by atoms with E-state index in [-0.39, 0.29) is 0 Å². The van der Waals surface area contributed by atoms with E-state index in [4.69, 9.17) is 4.74 Å². The largest absolute Gasteiger partial charge is 0.494 e. The Morgan fingerprint density at radius 2 is 1.76 bits per heavy atom. The highest BCUT2D eigenvalue weighted by Crippen LogP contribution is 2.34. The van der Waals surface area contributed by atoms with Crippen molar-refractivity contribution in [1.82, 2.24) is 0 Å². The molecule has 0 bridgehead atoms. The molecule has 0 aromatic heterocycles. The molecule has 2 aromatic carbocycles. The van der Waals surface area contributed by atoms with E-state index < -0.39 is 0 Å². The summed E-state index contributed by atoms with van der Waals surface area (Å²) in [5, 5.41) is 3.50. The van der Waals surface area contributed by atoms with E-state index in [0.717, 1.165) is 21.2 Å². The van der Waals surface area contributed by atoms with Crippen molar-refractivity contribution in [2.45, 2.75) is 25.8 Å². The average molecular weight is 411 g/mol. The van der Waals surface area contributed by atoms with Crippen LogP contribution in [0, 0.1) is 0 Å². The summed E-state index contributed by atoms with van der Waals surface area (Å²) in [6, 6.07) is 10.9. The first-order valence-electron chi connectivity index (χ1n) is 7.05. The van der Waals surface area contributed by atoms with Crippen LogP contribution in [0.2, 0.25) is 0 Å². The monoisotopic (exact) mass is 409 g/mol. The number of methoxy groups -OCH3 is 1. The highest BCUT2D eigenvalue weighted by Gasteiger charge is 2.11. The highest BCUT2D eigenvalue weighted by molar-refractivity contribution is 9.11. The van der Waals surface area contributed by atoms with Gasteiger partial charge in [0.2, 0.25) is 0 Å². The third-order valence-electron chi connectivity index (χ3n) is 3.86. The zero-order valence-corrected chi connectivity index (χ0v) is 15.1. The molecule has 0 radical (unpaired) electrons. The van der Waals surface area contributed by atoms with Gasteiger partial charge in [-0.3, -0.25) is 0 Å². The van der Waals surface area contributed by atoms with Crippen molar-refractivity contribution in [2.75, 3.05) is 12.4 Å². The van der Waals surface area contributed by atoms with Gasteiger partial charge < -0.3 is 10.1 Å². The predicted molar refractivity (Wildman–Crippen MR) is 94.2 cm³/mol. The Balaban J connectivity index is 1.73. The highest BCUT2D eigenvalue weighted by atomic mass is 79.9. The molecular formula is C17H17Br2NO. The van der Waals surface area contributed by atoms with Crippen molar-refractivity contribution in [2.24, 2.45) is 0 Å². The van der Waals surface area contributed by atoms with Gasteiger partial charge in [-0.1, -0.05) is 6.07 Å². The number of nitrogens with one attached hydrogen (secondary N) is 1. The summed E-state index contributed by atoms with van der Waals surface area (Å²) in [4.78, 5) is 0. The smallest absolute Gasteiger partial charge is 0.147 e. The van der Waals surface area contributed by atoms with E-state index in [9.17, 15) is 0 Å². The molecule has 4 heteroatoms. The van der Waals surface area contributed by atoms with Crippen LogP contribution >= 0.6 is 31.9 Å². The zero-order valence-electron chi connectivity index (χ0n) is 11.9. The maximum atomic E-state index is 5.33. The van der Waals surface area contributed by atoms with Gasteiger partial charge in [0.1, 0.15) is 5.75 Å². The van der Waals surface area contributed by atoms with Crippen molar-refractivity contribution < 1.29 is 4.74 Å². The lowest BCUT2D eigenvalue weighted by Gasteiger charge is -2.12. The number of hydrogen-bond donors (Lipinski definition) is 1. The van der Waals surface area contributed by atoms with Crippen LogP contribution in [-0.2, 0) is 19.4 Å². The molecule has 0 unspecified atom stereocenters. The summed E-state index contributed by atoms with van der Waals surface area (Å²) in [7, 11) is 1.67. The minimum absolute atomic E-state index is 0.792. The fraction of sp³-hybridized carbons (Fsp3) is 0.294. The zero-order chi connectivity index (χ0) is 14.8. The molecule has 110 valence electrons. The molecule has 1 aliphatic rings. The van der Waals surface area contributed by atoms with Gasteiger partial charge in [0, 0.05) is 12.2 Å². The van der Waals surface area contributed by atoms with Crippen molar-refractivity contribution in [3.8, 4) is 5.75 Å². The minimum Gasteiger partial charge on any atom is -0.494 e. The topological polar surface area (TPSA) is 21.3 Å². The van der Waals surface area contributed by atoms with Gasteiger partial charge in [0.05, 0.1) is 16.1 Å². The van der Waals surface area contributed by atoms with Gasteiger partial charge in [-0.15, -0.1) is 0 Å². The molecule has 0 amide bonds. The van der Waals surface area contributed by atoms with Gasteiger partial charge in [-0.25, -0.2) is 0 Å². The molecule has 0 atom stereocenters. The summed E-state index contributed by atoms with van der Waals surface area (Å²) in [6.45, 7) is 0.792. The van der Waals surface area contributed by atoms with Crippen LogP contribution in [0.15, 0.2) is 39.3 Å². The van der Waals surface area contributed by atoms with Gasteiger partial charge in [-0.2, -0.15) is 0 Å². The molecule has 1 N–H and O–H groups in total. The number of halogens is 2. The molecule has 2 nitrogen and oxygen atoms in total. The molecule has 0 heterocycles. The van der Waals surface area contributed by atoms with E-state index >= 15 is 0 Å². The second-order valence-corrected chi connectivity index (χ2v) is 6.99. The Hall–Kier alpha value is -1.00. The van der Waals surface area contributed by atoms with E-state index in [0.29, 0.717) is 0 Å². The van der Waals surface area contributed by atoms with Gasteiger partial charge >= 0.3 is 0 Å². The SMILES string of the molecule is COc1c(Br)cc(CNc2ccc3c(c2)CCC3)cc1Br. The lowest BCUT2D eigenvalue weighted by molar-refractivity contribution is 0.409. The van der Waals surface area contributed by atoms with E-state index in [1.54, 1.807) is 7.11 Å². The van der Waals surface area contributed by atoms with Crippen molar-refractivity contribution in [3.63, 3.8) is 0 Å². The van der Waals surface area contributed by atoms with Crippen molar-refractivity contribution in [1.29, 1.82) is 0 Å². The molecule has 0 saturated heterocycles. The third-order valence-corrected chi connectivity index (χ3v) is 5.04. The number of fused-ring (bicyclic) bond motifs is 1. The first-order valence-corrected chi connectivity index (χ1v) is 8.63. The molecular weight excluding hydrogens is 394 g/mol. The number of ether oxygens (including phenoxy) is 1. The number of benzene rings is 2. The Labute approximate surface area is 142 Å². The van der Waals surface area contributed by atoms with E-state index in [1.807, 2.05) is 0 Å². The van der Waals surface area contributed by atoms with Crippen LogP contribution in [0.25, 0.3) is 0 Å². The van der Waals surface area contributed by atoms with Crippen molar-refractivity contribution >= 4 is 37.5 Å². The Morgan fingerprint density at radius 3 is 2.48 bits per heavy atom. The first-order chi connectivity index (χ1) is 10.2. The van der Waals surface area contributed by atoms with Crippen LogP contribution in [0.4, 0.5) is 5.69 Å². The fourth-order valence-electron chi connectivity index (χ4n) is 2.80. The standard InChI is InChI=1S/C17H17Br2NO/c1-21-17-15(18)7-11(8-16(17)19)10-20-14-6-5-12-3-2-4-13(12)9-14/h5-9,20H,2-4,10H2,1H3. The maximum absolute atomic E-state index is 5.33. The molecule has 2 aromatic rings. The van der Waals surface area contributed by atoms with Gasteiger partial charge in [-0.05, 0) is 92.1 Å². The van der Waals surface area contributed by atoms with Crippen LogP contribution in [-0.4, -0.2) is 7.11 Å². The van der Waals surface area contributed by atoms with Crippen LogP contribution in [0.5, 0.6) is 5.75 Å². The van der Waals surface area contributed by atoms with Crippen LogP contribution in [0.1, 0.15) is 23.1 Å². The Bertz CT molecular complexity index is 647. The molecule has 0 spiro atoms. The first kappa shape index (κ1) is 14.9. The van der Waals surface area contributed by atoms with Crippen LogP contribution < -0.4 is 10.1 Å². The molecule has 0 fully saturated rings. The second-order valence-electron chi connectivity index (χ2n) is 5.28. The minimum atomic E-state index is 0.792. The van der Waals surface area contributed by atoms with Crippen LogP contribution in [0.3, 0.4) is 0 Å². The summed E-state index contributed by atoms with van der Waals surface area (Å²) < 4.78 is 7.26. The summed E-state index contributed by atoms with van der Waals surface area (Å²) in [5.41, 5.74) is 5.40. The predicted octanol–water partition coefficient (Wildman–Crippen LogP) is 5.32. The third kappa shape index (κ3) is 3.27. The normalized spacial score (nSPS) is 13.1. The molecule has 1 aliphatic carbocycles. The molecule has 21 heavy (non-hydrogen) atoms. The second kappa shape index (κ2) is 6.41. The Morgan fingerprint density at radius 1 is 1.05 bits per heavy atom. The molecule has 0 saturated carbocycles. The molecule has 3 rings (SSSR count). The fourth-order valence-corrected chi connectivity index (χ4v) is 4.40. The van der Waals surface area contributed by atoms with E-state index in [1.165, 1.54) is 41.6 Å². The quantitative estimate of drug-likeness (QED) is 0.736. The van der Waals surface area contributed by atoms with Gasteiger partial charge in [0.25, 0.3) is 0 Å². The average Bonchev–Trinajstić information content (AvgIpc) is 2.92. The van der Waals surface area contributed by atoms with Gasteiger partial charge in [0.15, 0.2) is 0 Å². The number of hydrogen-bond acceptors (Lipinski definition) is 2.